The largest absolute Gasteiger partial charge is 0.488 e. The van der Waals surface area contributed by atoms with Crippen LogP contribution in [0.4, 0.5) is 5.69 Å². The smallest absolute Gasteiger partial charge is 0.136 e. The van der Waals surface area contributed by atoms with Gasteiger partial charge in [0, 0.05) is 5.69 Å². The summed E-state index contributed by atoms with van der Waals surface area (Å²) in [5.41, 5.74) is 9.19. The normalized spacial score (nSPS) is 9.95. The SMILES string of the molecule is Cc1cc(C#N)ccc1COc1cccc(N)c1Br. The number of nitrogens with two attached hydrogens (primary N) is 1. The number of nitrogens with zero attached hydrogens (tertiary/aromatic N) is 1. The van der Waals surface area contributed by atoms with Crippen LogP contribution in [0.3, 0.4) is 0 Å². The molecule has 0 aromatic heterocycles. The van der Waals surface area contributed by atoms with Crippen molar-refractivity contribution in [3.8, 4) is 11.8 Å². The Morgan fingerprint density at radius 1 is 1.32 bits per heavy atom. The van der Waals surface area contributed by atoms with E-state index in [9.17, 15) is 0 Å². The maximum atomic E-state index is 8.83. The number of ether oxygens (including phenoxy) is 1. The molecule has 0 aliphatic carbocycles. The van der Waals surface area contributed by atoms with Crippen molar-refractivity contribution in [2.75, 3.05) is 5.73 Å². The van der Waals surface area contributed by atoms with E-state index in [1.807, 2.05) is 37.3 Å². The van der Waals surface area contributed by atoms with Crippen molar-refractivity contribution in [2.45, 2.75) is 13.5 Å². The Bertz CT molecular complexity index is 647. The number of anilines is 1. The molecule has 2 rings (SSSR count). The summed E-state index contributed by atoms with van der Waals surface area (Å²) < 4.78 is 6.51. The van der Waals surface area contributed by atoms with Crippen molar-refractivity contribution >= 4 is 21.6 Å². The van der Waals surface area contributed by atoms with Gasteiger partial charge < -0.3 is 10.5 Å². The summed E-state index contributed by atoms with van der Waals surface area (Å²) in [6.07, 6.45) is 0. The van der Waals surface area contributed by atoms with Crippen molar-refractivity contribution in [2.24, 2.45) is 0 Å². The quantitative estimate of drug-likeness (QED) is 0.876. The zero-order valence-corrected chi connectivity index (χ0v) is 12.1. The van der Waals surface area contributed by atoms with Gasteiger partial charge >= 0.3 is 0 Å². The van der Waals surface area contributed by atoms with Gasteiger partial charge in [0.1, 0.15) is 12.4 Å². The van der Waals surface area contributed by atoms with Gasteiger partial charge in [-0.05, 0) is 58.2 Å². The molecule has 0 saturated carbocycles. The van der Waals surface area contributed by atoms with Crippen molar-refractivity contribution in [3.63, 3.8) is 0 Å². The van der Waals surface area contributed by atoms with E-state index in [-0.39, 0.29) is 0 Å². The third-order valence-electron chi connectivity index (χ3n) is 2.85. The Balaban J connectivity index is 2.15. The van der Waals surface area contributed by atoms with Gasteiger partial charge in [0.05, 0.1) is 16.1 Å². The number of nitrogen functional groups attached to an aromatic ring is 1. The predicted octanol–water partition coefficient (Wildman–Crippen LogP) is 3.79. The highest BCUT2D eigenvalue weighted by atomic mass is 79.9. The molecule has 0 bridgehead atoms. The molecule has 19 heavy (non-hydrogen) atoms. The van der Waals surface area contributed by atoms with E-state index in [0.717, 1.165) is 15.6 Å². The molecule has 96 valence electrons. The van der Waals surface area contributed by atoms with Crippen molar-refractivity contribution in [1.82, 2.24) is 0 Å². The van der Waals surface area contributed by atoms with E-state index in [1.54, 1.807) is 6.07 Å². The summed E-state index contributed by atoms with van der Waals surface area (Å²) in [6.45, 7) is 2.41. The molecule has 4 heteroatoms. The number of benzene rings is 2. The average Bonchev–Trinajstić information content (AvgIpc) is 2.41. The van der Waals surface area contributed by atoms with Crippen molar-refractivity contribution < 1.29 is 4.74 Å². The van der Waals surface area contributed by atoms with E-state index < -0.39 is 0 Å². The molecular weight excluding hydrogens is 304 g/mol. The number of hydrogen-bond donors (Lipinski definition) is 1. The minimum absolute atomic E-state index is 0.444. The van der Waals surface area contributed by atoms with Crippen LogP contribution < -0.4 is 10.5 Å². The number of aryl methyl sites for hydroxylation is 1. The minimum Gasteiger partial charge on any atom is -0.488 e. The van der Waals surface area contributed by atoms with Gasteiger partial charge in [-0.15, -0.1) is 0 Å². The van der Waals surface area contributed by atoms with Gasteiger partial charge in [-0.3, -0.25) is 0 Å². The van der Waals surface area contributed by atoms with E-state index in [4.69, 9.17) is 15.7 Å². The van der Waals surface area contributed by atoms with Crippen LogP contribution in [0.2, 0.25) is 0 Å². The molecule has 0 saturated heterocycles. The summed E-state index contributed by atoms with van der Waals surface area (Å²) in [6, 6.07) is 13.2. The molecule has 0 heterocycles. The Labute approximate surface area is 120 Å². The number of rotatable bonds is 3. The van der Waals surface area contributed by atoms with Crippen LogP contribution in [0.15, 0.2) is 40.9 Å². The van der Waals surface area contributed by atoms with E-state index >= 15 is 0 Å². The molecule has 0 unspecified atom stereocenters. The Hall–Kier alpha value is -1.99. The third kappa shape index (κ3) is 3.07. The first-order chi connectivity index (χ1) is 9.11. The molecule has 0 spiro atoms. The van der Waals surface area contributed by atoms with Gasteiger partial charge in [0.15, 0.2) is 0 Å². The van der Waals surface area contributed by atoms with E-state index in [1.165, 1.54) is 0 Å². The molecule has 2 aromatic carbocycles. The minimum atomic E-state index is 0.444. The molecule has 2 aromatic rings. The highest BCUT2D eigenvalue weighted by molar-refractivity contribution is 9.10. The number of halogens is 1. The van der Waals surface area contributed by atoms with Crippen LogP contribution in [-0.4, -0.2) is 0 Å². The van der Waals surface area contributed by atoms with Gasteiger partial charge in [-0.1, -0.05) is 12.1 Å². The fourth-order valence-electron chi connectivity index (χ4n) is 1.72. The lowest BCUT2D eigenvalue weighted by molar-refractivity contribution is 0.303. The highest BCUT2D eigenvalue weighted by Gasteiger charge is 2.06. The van der Waals surface area contributed by atoms with Crippen LogP contribution >= 0.6 is 15.9 Å². The van der Waals surface area contributed by atoms with Crippen LogP contribution in [-0.2, 0) is 6.61 Å². The second-order valence-corrected chi connectivity index (χ2v) is 4.99. The summed E-state index contributed by atoms with van der Waals surface area (Å²) in [4.78, 5) is 0. The first-order valence-corrected chi connectivity index (χ1v) is 6.57. The fraction of sp³-hybridized carbons (Fsp3) is 0.133. The Morgan fingerprint density at radius 3 is 2.79 bits per heavy atom. The molecule has 0 aliphatic heterocycles. The maximum absolute atomic E-state index is 8.83. The second-order valence-electron chi connectivity index (χ2n) is 4.20. The standard InChI is InChI=1S/C15H13BrN2O/c1-10-7-11(8-17)5-6-12(10)9-19-14-4-2-3-13(18)15(14)16/h2-7H,9,18H2,1H3. The molecular formula is C15H13BrN2O. The second kappa shape index (κ2) is 5.77. The van der Waals surface area contributed by atoms with Crippen LogP contribution in [0.1, 0.15) is 16.7 Å². The summed E-state index contributed by atoms with van der Waals surface area (Å²) in [5, 5.41) is 8.83. The monoisotopic (exact) mass is 316 g/mol. The van der Waals surface area contributed by atoms with Gasteiger partial charge in [0.25, 0.3) is 0 Å². The van der Waals surface area contributed by atoms with Gasteiger partial charge in [-0.25, -0.2) is 0 Å². The van der Waals surface area contributed by atoms with Gasteiger partial charge in [0.2, 0.25) is 0 Å². The topological polar surface area (TPSA) is 59.0 Å². The Kier molecular flexibility index (Phi) is 4.08. The lowest BCUT2D eigenvalue weighted by atomic mass is 10.1. The van der Waals surface area contributed by atoms with Crippen molar-refractivity contribution in [3.05, 3.63) is 57.6 Å². The van der Waals surface area contributed by atoms with Crippen LogP contribution in [0.25, 0.3) is 0 Å². The first kappa shape index (κ1) is 13.4. The molecule has 0 atom stereocenters. The predicted molar refractivity (Wildman–Crippen MR) is 78.8 cm³/mol. The average molecular weight is 317 g/mol. The summed E-state index contributed by atoms with van der Waals surface area (Å²) in [7, 11) is 0. The summed E-state index contributed by atoms with van der Waals surface area (Å²) >= 11 is 3.40. The highest BCUT2D eigenvalue weighted by Crippen LogP contribution is 2.31. The molecule has 0 aliphatic rings. The van der Waals surface area contributed by atoms with Crippen LogP contribution in [0.5, 0.6) is 5.75 Å². The van der Waals surface area contributed by atoms with Gasteiger partial charge in [-0.2, -0.15) is 5.26 Å². The van der Waals surface area contributed by atoms with Crippen molar-refractivity contribution in [1.29, 1.82) is 5.26 Å². The van der Waals surface area contributed by atoms with E-state index in [2.05, 4.69) is 22.0 Å². The molecule has 0 amide bonds. The first-order valence-electron chi connectivity index (χ1n) is 5.78. The third-order valence-corrected chi connectivity index (χ3v) is 3.70. The lowest BCUT2D eigenvalue weighted by Gasteiger charge is -2.11. The van der Waals surface area contributed by atoms with Crippen LogP contribution in [0, 0.1) is 18.3 Å². The molecule has 2 N–H and O–H groups in total. The molecule has 0 fully saturated rings. The maximum Gasteiger partial charge on any atom is 0.136 e. The lowest BCUT2D eigenvalue weighted by Crippen LogP contribution is -2.00. The fourth-order valence-corrected chi connectivity index (χ4v) is 2.10. The zero-order valence-electron chi connectivity index (χ0n) is 10.5. The number of nitriles is 1. The molecule has 3 nitrogen and oxygen atoms in total. The number of hydrogen-bond acceptors (Lipinski definition) is 3. The van der Waals surface area contributed by atoms with E-state index in [0.29, 0.717) is 23.6 Å². The summed E-state index contributed by atoms with van der Waals surface area (Å²) in [5.74, 6) is 0.712. The molecule has 0 radical (unpaired) electrons. The zero-order chi connectivity index (χ0) is 13.8. The Morgan fingerprint density at radius 2 is 2.11 bits per heavy atom.